The van der Waals surface area contributed by atoms with Gasteiger partial charge in [-0.25, -0.2) is 4.39 Å². The summed E-state index contributed by atoms with van der Waals surface area (Å²) in [4.78, 5) is 27.1. The van der Waals surface area contributed by atoms with Crippen LogP contribution in [-0.4, -0.2) is 42.9 Å². The van der Waals surface area contributed by atoms with Gasteiger partial charge in [-0.2, -0.15) is 0 Å². The van der Waals surface area contributed by atoms with Crippen molar-refractivity contribution in [3.63, 3.8) is 0 Å². The van der Waals surface area contributed by atoms with Gasteiger partial charge in [-0.3, -0.25) is 9.59 Å². The number of carbonyl (C=O) groups is 2. The standard InChI is InChI=1S/C17H20FN3O2S/c18-13-3-4-14-12(8-13)9-15(24-14)17(23)21-7-1-2-11(10-21)16(22)20-6-5-19/h3-4,8-9,11H,1-2,5-7,10,19H2,(H,20,22). The molecule has 1 aliphatic heterocycles. The van der Waals surface area contributed by atoms with Crippen LogP contribution in [0.3, 0.4) is 0 Å². The van der Waals surface area contributed by atoms with Gasteiger partial charge in [-0.05, 0) is 42.5 Å². The number of thiophene rings is 1. The minimum atomic E-state index is -0.311. The van der Waals surface area contributed by atoms with Gasteiger partial charge in [0.25, 0.3) is 5.91 Å². The van der Waals surface area contributed by atoms with Gasteiger partial charge in [0.2, 0.25) is 5.91 Å². The maximum Gasteiger partial charge on any atom is 0.263 e. The Bertz CT molecular complexity index is 761. The van der Waals surface area contributed by atoms with Crippen molar-refractivity contribution in [3.05, 3.63) is 35.0 Å². The fraction of sp³-hybridized carbons (Fsp3) is 0.412. The smallest absolute Gasteiger partial charge is 0.263 e. The van der Waals surface area contributed by atoms with Gasteiger partial charge in [0.15, 0.2) is 0 Å². The fourth-order valence-electron chi connectivity index (χ4n) is 2.99. The van der Waals surface area contributed by atoms with Crippen LogP contribution in [0.2, 0.25) is 0 Å². The third-order valence-corrected chi connectivity index (χ3v) is 5.32. The van der Waals surface area contributed by atoms with Crippen LogP contribution in [0.15, 0.2) is 24.3 Å². The molecule has 0 bridgehead atoms. The Balaban J connectivity index is 1.72. The van der Waals surface area contributed by atoms with Gasteiger partial charge >= 0.3 is 0 Å². The lowest BCUT2D eigenvalue weighted by Gasteiger charge is -2.31. The Morgan fingerprint density at radius 3 is 3.00 bits per heavy atom. The maximum absolute atomic E-state index is 13.3. The summed E-state index contributed by atoms with van der Waals surface area (Å²) in [5, 5.41) is 3.52. The highest BCUT2D eigenvalue weighted by atomic mass is 32.1. The van der Waals surface area contributed by atoms with Gasteiger partial charge in [0.05, 0.1) is 10.8 Å². The number of nitrogens with zero attached hydrogens (tertiary/aromatic N) is 1. The third-order valence-electron chi connectivity index (χ3n) is 4.21. The van der Waals surface area contributed by atoms with E-state index in [-0.39, 0.29) is 23.5 Å². The molecule has 1 aromatic heterocycles. The van der Waals surface area contributed by atoms with Crippen molar-refractivity contribution in [2.24, 2.45) is 11.7 Å². The number of benzene rings is 1. The third kappa shape index (κ3) is 3.57. The van der Waals surface area contributed by atoms with Crippen LogP contribution in [0, 0.1) is 11.7 Å². The zero-order chi connectivity index (χ0) is 17.1. The number of hydrogen-bond donors (Lipinski definition) is 2. The molecule has 0 radical (unpaired) electrons. The summed E-state index contributed by atoms with van der Waals surface area (Å²) in [5.41, 5.74) is 5.40. The van der Waals surface area contributed by atoms with Crippen molar-refractivity contribution >= 4 is 33.2 Å². The zero-order valence-electron chi connectivity index (χ0n) is 13.3. The van der Waals surface area contributed by atoms with Crippen molar-refractivity contribution < 1.29 is 14.0 Å². The first-order valence-corrected chi connectivity index (χ1v) is 8.86. The number of amides is 2. The van der Waals surface area contributed by atoms with E-state index in [0.29, 0.717) is 31.1 Å². The van der Waals surface area contributed by atoms with Crippen LogP contribution in [0.1, 0.15) is 22.5 Å². The summed E-state index contributed by atoms with van der Waals surface area (Å²) in [5.74, 6) is -0.640. The van der Waals surface area contributed by atoms with Crippen molar-refractivity contribution in [1.29, 1.82) is 0 Å². The van der Waals surface area contributed by atoms with E-state index in [9.17, 15) is 14.0 Å². The maximum atomic E-state index is 13.3. The molecule has 0 aliphatic carbocycles. The molecule has 1 atom stereocenters. The Morgan fingerprint density at radius 1 is 1.38 bits per heavy atom. The number of piperidine rings is 1. The Morgan fingerprint density at radius 2 is 2.21 bits per heavy atom. The number of likely N-dealkylation sites (tertiary alicyclic amines) is 1. The Labute approximate surface area is 143 Å². The molecule has 1 fully saturated rings. The van der Waals surface area contributed by atoms with E-state index in [0.717, 1.165) is 22.9 Å². The molecule has 0 spiro atoms. The zero-order valence-corrected chi connectivity index (χ0v) is 14.1. The SMILES string of the molecule is NCCNC(=O)C1CCCN(C(=O)c2cc3cc(F)ccc3s2)C1. The molecule has 1 saturated heterocycles. The van der Waals surface area contributed by atoms with Crippen molar-refractivity contribution in [2.45, 2.75) is 12.8 Å². The number of hydrogen-bond acceptors (Lipinski definition) is 4. The van der Waals surface area contributed by atoms with Crippen LogP contribution in [0.25, 0.3) is 10.1 Å². The molecule has 3 N–H and O–H groups in total. The summed E-state index contributed by atoms with van der Waals surface area (Å²) in [6, 6.07) is 6.24. The topological polar surface area (TPSA) is 75.4 Å². The number of carbonyl (C=O) groups excluding carboxylic acids is 2. The molecule has 2 heterocycles. The summed E-state index contributed by atoms with van der Waals surface area (Å²) < 4.78 is 14.2. The second kappa shape index (κ2) is 7.27. The summed E-state index contributed by atoms with van der Waals surface area (Å²) in [6.07, 6.45) is 1.57. The molecular weight excluding hydrogens is 329 g/mol. The van der Waals surface area contributed by atoms with Gasteiger partial charge in [0, 0.05) is 30.9 Å². The molecule has 2 amide bonds. The highest BCUT2D eigenvalue weighted by molar-refractivity contribution is 7.20. The van der Waals surface area contributed by atoms with E-state index in [1.54, 1.807) is 17.0 Å². The van der Waals surface area contributed by atoms with Crippen molar-refractivity contribution in [2.75, 3.05) is 26.2 Å². The molecule has 5 nitrogen and oxygen atoms in total. The van der Waals surface area contributed by atoms with E-state index < -0.39 is 0 Å². The van der Waals surface area contributed by atoms with Gasteiger partial charge < -0.3 is 16.0 Å². The van der Waals surface area contributed by atoms with Crippen LogP contribution < -0.4 is 11.1 Å². The van der Waals surface area contributed by atoms with E-state index >= 15 is 0 Å². The molecule has 0 saturated carbocycles. The van der Waals surface area contributed by atoms with Crippen molar-refractivity contribution in [3.8, 4) is 0 Å². The second-order valence-corrected chi connectivity index (χ2v) is 7.05. The van der Waals surface area contributed by atoms with Crippen LogP contribution >= 0.6 is 11.3 Å². The van der Waals surface area contributed by atoms with Crippen LogP contribution in [-0.2, 0) is 4.79 Å². The number of nitrogens with one attached hydrogen (secondary N) is 1. The lowest BCUT2D eigenvalue weighted by Crippen LogP contribution is -2.46. The number of rotatable bonds is 4. The second-order valence-electron chi connectivity index (χ2n) is 5.96. The Kier molecular flexibility index (Phi) is 5.11. The van der Waals surface area contributed by atoms with E-state index in [1.165, 1.54) is 23.5 Å². The number of halogens is 1. The highest BCUT2D eigenvalue weighted by Gasteiger charge is 2.29. The average molecular weight is 349 g/mol. The quantitative estimate of drug-likeness (QED) is 0.886. The molecule has 128 valence electrons. The van der Waals surface area contributed by atoms with Crippen LogP contribution in [0.5, 0.6) is 0 Å². The highest BCUT2D eigenvalue weighted by Crippen LogP contribution is 2.28. The first-order chi connectivity index (χ1) is 11.6. The van der Waals surface area contributed by atoms with Gasteiger partial charge in [0.1, 0.15) is 5.82 Å². The molecular formula is C17H20FN3O2S. The average Bonchev–Trinajstić information content (AvgIpc) is 3.02. The summed E-state index contributed by atoms with van der Waals surface area (Å²) in [6.45, 7) is 1.91. The van der Waals surface area contributed by atoms with Gasteiger partial charge in [-0.1, -0.05) is 0 Å². The Hall–Kier alpha value is -1.99. The minimum absolute atomic E-state index is 0.0450. The van der Waals surface area contributed by atoms with Crippen LogP contribution in [0.4, 0.5) is 4.39 Å². The molecule has 2 aromatic rings. The normalized spacial score (nSPS) is 17.9. The van der Waals surface area contributed by atoms with E-state index in [4.69, 9.17) is 5.73 Å². The van der Waals surface area contributed by atoms with E-state index in [2.05, 4.69) is 5.32 Å². The van der Waals surface area contributed by atoms with E-state index in [1.807, 2.05) is 0 Å². The first kappa shape index (κ1) is 16.9. The minimum Gasteiger partial charge on any atom is -0.355 e. The summed E-state index contributed by atoms with van der Waals surface area (Å²) in [7, 11) is 0. The molecule has 3 rings (SSSR count). The monoisotopic (exact) mass is 349 g/mol. The molecule has 1 aliphatic rings. The number of nitrogens with two attached hydrogens (primary N) is 1. The first-order valence-electron chi connectivity index (χ1n) is 8.04. The fourth-order valence-corrected chi connectivity index (χ4v) is 4.00. The lowest BCUT2D eigenvalue weighted by molar-refractivity contribution is -0.126. The molecule has 7 heteroatoms. The molecule has 1 aromatic carbocycles. The lowest BCUT2D eigenvalue weighted by atomic mass is 9.97. The van der Waals surface area contributed by atoms with Crippen molar-refractivity contribution in [1.82, 2.24) is 10.2 Å². The predicted molar refractivity (Wildman–Crippen MR) is 92.5 cm³/mol. The molecule has 1 unspecified atom stereocenters. The van der Waals surface area contributed by atoms with Gasteiger partial charge in [-0.15, -0.1) is 11.3 Å². The largest absolute Gasteiger partial charge is 0.355 e. The summed E-state index contributed by atoms with van der Waals surface area (Å²) >= 11 is 1.36. The molecule has 24 heavy (non-hydrogen) atoms. The number of fused-ring (bicyclic) bond motifs is 1. The predicted octanol–water partition coefficient (Wildman–Crippen LogP) is 1.97.